The summed E-state index contributed by atoms with van der Waals surface area (Å²) in [5.41, 5.74) is 3.15. The number of carbonyl (C=O) groups is 1. The third-order valence-electron chi connectivity index (χ3n) is 5.38. The fourth-order valence-electron chi connectivity index (χ4n) is 3.77. The SMILES string of the molecule is O=C(Nc1ccc(-c2nnc3n2CCCCC3)cc1)c1cnn(-c2ccccc2)c1. The minimum atomic E-state index is -0.193. The summed E-state index contributed by atoms with van der Waals surface area (Å²) in [6, 6.07) is 17.5. The van der Waals surface area contributed by atoms with Crippen LogP contribution in [0.15, 0.2) is 67.0 Å². The van der Waals surface area contributed by atoms with Crippen molar-refractivity contribution >= 4 is 11.6 Å². The van der Waals surface area contributed by atoms with E-state index in [-0.39, 0.29) is 5.91 Å². The summed E-state index contributed by atoms with van der Waals surface area (Å²) in [5, 5.41) is 16.0. The molecule has 0 bridgehead atoms. The Hall–Kier alpha value is -3.74. The molecule has 2 aromatic heterocycles. The number of hydrogen-bond donors (Lipinski definition) is 1. The molecule has 0 saturated heterocycles. The predicted octanol–water partition coefficient (Wildman–Crippen LogP) is 4.11. The van der Waals surface area contributed by atoms with Gasteiger partial charge in [-0.05, 0) is 49.2 Å². The Kier molecular flexibility index (Phi) is 4.85. The number of nitrogens with zero attached hydrogens (tertiary/aromatic N) is 5. The molecular weight excluding hydrogens is 376 g/mol. The van der Waals surface area contributed by atoms with E-state index in [1.165, 1.54) is 12.8 Å². The van der Waals surface area contributed by atoms with Crippen molar-refractivity contribution in [2.75, 3.05) is 5.32 Å². The molecule has 0 aliphatic carbocycles. The van der Waals surface area contributed by atoms with Gasteiger partial charge in [0.1, 0.15) is 5.82 Å². The monoisotopic (exact) mass is 398 g/mol. The van der Waals surface area contributed by atoms with E-state index in [9.17, 15) is 4.79 Å². The quantitative estimate of drug-likeness (QED) is 0.561. The predicted molar refractivity (Wildman–Crippen MR) is 115 cm³/mol. The van der Waals surface area contributed by atoms with Crippen LogP contribution in [0.1, 0.15) is 35.4 Å². The highest BCUT2D eigenvalue weighted by molar-refractivity contribution is 6.04. The number of benzene rings is 2. The Morgan fingerprint density at radius 3 is 2.60 bits per heavy atom. The molecule has 0 saturated carbocycles. The summed E-state index contributed by atoms with van der Waals surface area (Å²) in [7, 11) is 0. The van der Waals surface area contributed by atoms with E-state index in [4.69, 9.17) is 0 Å². The Morgan fingerprint density at radius 2 is 1.77 bits per heavy atom. The average Bonchev–Trinajstić information content (AvgIpc) is 3.37. The molecule has 30 heavy (non-hydrogen) atoms. The summed E-state index contributed by atoms with van der Waals surface area (Å²) < 4.78 is 3.91. The van der Waals surface area contributed by atoms with E-state index in [2.05, 4.69) is 25.2 Å². The third kappa shape index (κ3) is 3.61. The molecule has 150 valence electrons. The third-order valence-corrected chi connectivity index (χ3v) is 5.38. The van der Waals surface area contributed by atoms with Gasteiger partial charge in [0.2, 0.25) is 0 Å². The minimum absolute atomic E-state index is 0.193. The van der Waals surface area contributed by atoms with E-state index in [1.807, 2.05) is 54.6 Å². The van der Waals surface area contributed by atoms with Crippen molar-refractivity contribution in [1.29, 1.82) is 0 Å². The van der Waals surface area contributed by atoms with E-state index in [0.717, 1.165) is 48.0 Å². The molecule has 3 heterocycles. The molecule has 1 aliphatic heterocycles. The average molecular weight is 398 g/mol. The molecule has 4 aromatic rings. The molecule has 2 aromatic carbocycles. The molecule has 0 unspecified atom stereocenters. The molecule has 7 nitrogen and oxygen atoms in total. The number of fused-ring (bicyclic) bond motifs is 1. The second kappa shape index (κ2) is 7.94. The normalized spacial score (nSPS) is 13.5. The van der Waals surface area contributed by atoms with Crippen molar-refractivity contribution in [3.63, 3.8) is 0 Å². The van der Waals surface area contributed by atoms with Crippen molar-refractivity contribution in [1.82, 2.24) is 24.5 Å². The van der Waals surface area contributed by atoms with Crippen LogP contribution in [0, 0.1) is 0 Å². The Bertz CT molecular complexity index is 1160. The molecule has 0 atom stereocenters. The number of hydrogen-bond acceptors (Lipinski definition) is 4. The second-order valence-electron chi connectivity index (χ2n) is 7.44. The summed E-state index contributed by atoms with van der Waals surface area (Å²) in [5.74, 6) is 1.77. The van der Waals surface area contributed by atoms with Crippen LogP contribution in [0.5, 0.6) is 0 Å². The molecule has 1 amide bonds. The number of nitrogens with one attached hydrogen (secondary N) is 1. The maximum Gasteiger partial charge on any atom is 0.258 e. The molecule has 1 N–H and O–H groups in total. The van der Waals surface area contributed by atoms with Crippen LogP contribution < -0.4 is 5.32 Å². The van der Waals surface area contributed by atoms with Crippen molar-refractivity contribution in [3.8, 4) is 17.1 Å². The highest BCUT2D eigenvalue weighted by Gasteiger charge is 2.16. The Labute approximate surface area is 174 Å². The standard InChI is InChI=1S/C23H22N6O/c30-23(18-15-24-29(16-18)20-7-3-1-4-8-20)25-19-12-10-17(11-13-19)22-27-26-21-9-5-2-6-14-28(21)22/h1,3-4,7-8,10-13,15-16H,2,5-6,9,14H2,(H,25,30). The van der Waals surface area contributed by atoms with E-state index < -0.39 is 0 Å². The first kappa shape index (κ1) is 18.3. The van der Waals surface area contributed by atoms with Crippen LogP contribution in [-0.2, 0) is 13.0 Å². The molecule has 0 spiro atoms. The fourth-order valence-corrected chi connectivity index (χ4v) is 3.77. The number of aryl methyl sites for hydroxylation is 1. The molecule has 0 fully saturated rings. The topological polar surface area (TPSA) is 77.6 Å². The van der Waals surface area contributed by atoms with Gasteiger partial charge in [-0.2, -0.15) is 5.10 Å². The van der Waals surface area contributed by atoms with Gasteiger partial charge in [0, 0.05) is 30.4 Å². The summed E-state index contributed by atoms with van der Waals surface area (Å²) in [4.78, 5) is 12.6. The van der Waals surface area contributed by atoms with Crippen LogP contribution in [0.2, 0.25) is 0 Å². The van der Waals surface area contributed by atoms with Gasteiger partial charge in [-0.15, -0.1) is 10.2 Å². The number of aromatic nitrogens is 5. The van der Waals surface area contributed by atoms with Crippen molar-refractivity contribution < 1.29 is 4.79 Å². The van der Waals surface area contributed by atoms with Crippen molar-refractivity contribution in [3.05, 3.63) is 78.4 Å². The molecule has 7 heteroatoms. The maximum absolute atomic E-state index is 12.6. The van der Waals surface area contributed by atoms with Crippen LogP contribution in [0.4, 0.5) is 5.69 Å². The number of amides is 1. The lowest BCUT2D eigenvalue weighted by Gasteiger charge is -2.08. The van der Waals surface area contributed by atoms with Gasteiger partial charge in [0.15, 0.2) is 5.82 Å². The van der Waals surface area contributed by atoms with Gasteiger partial charge >= 0.3 is 0 Å². The lowest BCUT2D eigenvalue weighted by atomic mass is 10.2. The zero-order chi connectivity index (χ0) is 20.3. The lowest BCUT2D eigenvalue weighted by molar-refractivity contribution is 0.102. The molecular formula is C23H22N6O. The number of carbonyl (C=O) groups excluding carboxylic acids is 1. The number of anilines is 1. The minimum Gasteiger partial charge on any atom is -0.322 e. The maximum atomic E-state index is 12.6. The summed E-state index contributed by atoms with van der Waals surface area (Å²) in [6.45, 7) is 0.960. The first-order valence-electron chi connectivity index (χ1n) is 10.2. The highest BCUT2D eigenvalue weighted by atomic mass is 16.1. The van der Waals surface area contributed by atoms with Crippen molar-refractivity contribution in [2.24, 2.45) is 0 Å². The molecule has 0 radical (unpaired) electrons. The van der Waals surface area contributed by atoms with E-state index in [1.54, 1.807) is 17.1 Å². The number of para-hydroxylation sites is 1. The first-order chi connectivity index (χ1) is 14.8. The van der Waals surface area contributed by atoms with Gasteiger partial charge in [0.25, 0.3) is 5.91 Å². The zero-order valence-corrected chi connectivity index (χ0v) is 16.5. The van der Waals surface area contributed by atoms with Crippen LogP contribution in [0.3, 0.4) is 0 Å². The Balaban J connectivity index is 1.30. The largest absolute Gasteiger partial charge is 0.322 e. The highest BCUT2D eigenvalue weighted by Crippen LogP contribution is 2.24. The van der Waals surface area contributed by atoms with Gasteiger partial charge in [-0.1, -0.05) is 24.6 Å². The van der Waals surface area contributed by atoms with E-state index in [0.29, 0.717) is 5.56 Å². The first-order valence-corrected chi connectivity index (χ1v) is 10.2. The van der Waals surface area contributed by atoms with E-state index >= 15 is 0 Å². The Morgan fingerprint density at radius 1 is 0.933 bits per heavy atom. The van der Waals surface area contributed by atoms with Crippen LogP contribution >= 0.6 is 0 Å². The van der Waals surface area contributed by atoms with Gasteiger partial charge in [-0.25, -0.2) is 4.68 Å². The summed E-state index contributed by atoms with van der Waals surface area (Å²) in [6.07, 6.45) is 7.84. The van der Waals surface area contributed by atoms with Crippen molar-refractivity contribution in [2.45, 2.75) is 32.2 Å². The fraction of sp³-hybridized carbons (Fsp3) is 0.217. The van der Waals surface area contributed by atoms with Gasteiger partial charge < -0.3 is 9.88 Å². The lowest BCUT2D eigenvalue weighted by Crippen LogP contribution is -2.11. The molecule has 1 aliphatic rings. The number of rotatable bonds is 4. The van der Waals surface area contributed by atoms with Gasteiger partial charge in [-0.3, -0.25) is 4.79 Å². The van der Waals surface area contributed by atoms with Crippen LogP contribution in [-0.4, -0.2) is 30.5 Å². The van der Waals surface area contributed by atoms with Gasteiger partial charge in [0.05, 0.1) is 17.4 Å². The molecule has 5 rings (SSSR count). The van der Waals surface area contributed by atoms with Crippen LogP contribution in [0.25, 0.3) is 17.1 Å². The smallest absolute Gasteiger partial charge is 0.258 e. The zero-order valence-electron chi connectivity index (χ0n) is 16.5. The second-order valence-corrected chi connectivity index (χ2v) is 7.44. The summed E-state index contributed by atoms with van der Waals surface area (Å²) >= 11 is 0.